The zero-order valence-electron chi connectivity index (χ0n) is 11.4. The third kappa shape index (κ3) is 6.23. The van der Waals surface area contributed by atoms with Gasteiger partial charge in [0.1, 0.15) is 0 Å². The molecule has 0 bridgehead atoms. The molecule has 0 nitrogen and oxygen atoms in total. The van der Waals surface area contributed by atoms with Gasteiger partial charge in [-0.15, -0.1) is 15.8 Å². The van der Waals surface area contributed by atoms with Gasteiger partial charge >= 0.3 is 0 Å². The van der Waals surface area contributed by atoms with E-state index < -0.39 is 0 Å². The highest BCUT2D eigenvalue weighted by Crippen LogP contribution is 2.49. The van der Waals surface area contributed by atoms with Gasteiger partial charge in [0, 0.05) is 0 Å². The minimum absolute atomic E-state index is 0.347. The second kappa shape index (κ2) is 10.0. The molecule has 0 aliphatic rings. The van der Waals surface area contributed by atoms with Crippen molar-refractivity contribution < 1.29 is 0 Å². The molecule has 0 radical (unpaired) electrons. The van der Waals surface area contributed by atoms with Crippen molar-refractivity contribution in [2.75, 3.05) is 30.8 Å². The topological polar surface area (TPSA) is 0 Å². The summed E-state index contributed by atoms with van der Waals surface area (Å²) in [5.41, 5.74) is 1.09. The van der Waals surface area contributed by atoms with Crippen molar-refractivity contribution in [3.05, 3.63) is 0 Å². The van der Waals surface area contributed by atoms with Crippen molar-refractivity contribution in [2.24, 2.45) is 0 Å². The average molecular weight is 248 g/mol. The fourth-order valence-electron chi connectivity index (χ4n) is 2.24. The van der Waals surface area contributed by atoms with E-state index in [4.69, 9.17) is 0 Å². The third-order valence-corrected chi connectivity index (χ3v) is 9.45. The Morgan fingerprint density at radius 3 is 1.67 bits per heavy atom. The first-order valence-electron chi connectivity index (χ1n) is 6.69. The smallest absolute Gasteiger partial charge is 0.0170 e. The Bertz CT molecular complexity index is 128. The molecule has 0 heterocycles. The van der Waals surface area contributed by atoms with Crippen molar-refractivity contribution in [3.8, 4) is 0 Å². The second-order valence-electron chi connectivity index (χ2n) is 4.15. The zero-order chi connectivity index (χ0) is 11.7. The molecule has 0 aliphatic heterocycles. The molecule has 1 atom stereocenters. The number of hydrogen-bond acceptors (Lipinski definition) is 0. The van der Waals surface area contributed by atoms with Crippen LogP contribution in [0.4, 0.5) is 0 Å². The van der Waals surface area contributed by atoms with E-state index in [-0.39, 0.29) is 0 Å². The first kappa shape index (κ1) is 15.9. The van der Waals surface area contributed by atoms with Crippen molar-refractivity contribution in [2.45, 2.75) is 53.1 Å². The lowest BCUT2D eigenvalue weighted by atomic mass is 10.3. The Hall–Kier alpha value is 0.860. The lowest BCUT2D eigenvalue weighted by Crippen LogP contribution is -2.13. The molecule has 0 amide bonds. The van der Waals surface area contributed by atoms with Gasteiger partial charge in [-0.05, 0) is 42.9 Å². The molecule has 0 spiro atoms. The third-order valence-electron chi connectivity index (χ3n) is 3.31. The molecule has 1 unspecified atom stereocenters. The number of hydrogen-bond donors (Lipinski definition) is 0. The van der Waals surface area contributed by atoms with Crippen LogP contribution in [0.5, 0.6) is 0 Å². The molecule has 0 rings (SSSR count). The van der Waals surface area contributed by atoms with Gasteiger partial charge in [0.15, 0.2) is 0 Å². The monoisotopic (exact) mass is 248 g/mol. The van der Waals surface area contributed by atoms with Crippen LogP contribution < -0.4 is 0 Å². The molecule has 0 saturated heterocycles. The number of rotatable bonds is 9. The van der Waals surface area contributed by atoms with Gasteiger partial charge in [-0.25, -0.2) is 0 Å². The van der Waals surface area contributed by atoms with Crippen molar-refractivity contribution >= 4 is 15.8 Å². The van der Waals surface area contributed by atoms with Crippen LogP contribution in [0.15, 0.2) is 0 Å². The maximum absolute atomic E-state index is 2.40. The Balaban J connectivity index is 4.22. The molecular formula is C13H30P2. The zero-order valence-corrected chi connectivity index (χ0v) is 13.2. The highest BCUT2D eigenvalue weighted by atomic mass is 31.1. The first-order valence-corrected chi connectivity index (χ1v) is 10.4. The predicted octanol–water partition coefficient (Wildman–Crippen LogP) is 5.20. The van der Waals surface area contributed by atoms with Gasteiger partial charge < -0.3 is 0 Å². The van der Waals surface area contributed by atoms with Gasteiger partial charge in [0.2, 0.25) is 0 Å². The summed E-state index contributed by atoms with van der Waals surface area (Å²) in [6.07, 6.45) is 10.3. The van der Waals surface area contributed by atoms with Gasteiger partial charge in [-0.1, -0.05) is 41.0 Å². The predicted molar refractivity (Wildman–Crippen MR) is 79.6 cm³/mol. The minimum Gasteiger partial charge on any atom is -0.107 e. The maximum atomic E-state index is 2.40. The summed E-state index contributed by atoms with van der Waals surface area (Å²) in [7, 11) is 0.712. The molecule has 15 heavy (non-hydrogen) atoms. The normalized spacial score (nSPS) is 13.8. The van der Waals surface area contributed by atoms with E-state index in [1.807, 2.05) is 0 Å². The molecule has 0 aromatic carbocycles. The SMILES string of the molecule is CCCC(CP(CC)CC)P(CC)CC. The van der Waals surface area contributed by atoms with Crippen LogP contribution in [-0.2, 0) is 0 Å². The highest BCUT2D eigenvalue weighted by Gasteiger charge is 2.19. The lowest BCUT2D eigenvalue weighted by molar-refractivity contribution is 0.779. The largest absolute Gasteiger partial charge is 0.107 e. The highest BCUT2D eigenvalue weighted by molar-refractivity contribution is 7.62. The summed E-state index contributed by atoms with van der Waals surface area (Å²) < 4.78 is 0. The van der Waals surface area contributed by atoms with Crippen LogP contribution in [0.2, 0.25) is 0 Å². The molecule has 0 saturated carbocycles. The van der Waals surface area contributed by atoms with E-state index in [1.165, 1.54) is 37.5 Å². The van der Waals surface area contributed by atoms with E-state index in [9.17, 15) is 0 Å². The standard InChI is InChI=1S/C13H30P2/c1-6-11-13(15(9-4)10-5)12-14(7-2)8-3/h13H,6-12H2,1-5H3. The van der Waals surface area contributed by atoms with Gasteiger partial charge in [-0.3, -0.25) is 0 Å². The van der Waals surface area contributed by atoms with Crippen LogP contribution in [0.25, 0.3) is 0 Å². The second-order valence-corrected chi connectivity index (χ2v) is 10.3. The van der Waals surface area contributed by atoms with Gasteiger partial charge in [0.05, 0.1) is 0 Å². The summed E-state index contributed by atoms with van der Waals surface area (Å²) in [6.45, 7) is 11.9. The Labute approximate surface area is 100 Å². The van der Waals surface area contributed by atoms with E-state index >= 15 is 0 Å². The van der Waals surface area contributed by atoms with E-state index in [1.54, 1.807) is 6.16 Å². The van der Waals surface area contributed by atoms with Crippen molar-refractivity contribution in [3.63, 3.8) is 0 Å². The summed E-state index contributed by atoms with van der Waals surface area (Å²) in [5.74, 6) is 0. The molecule has 0 N–H and O–H groups in total. The van der Waals surface area contributed by atoms with E-state index in [0.717, 1.165) is 5.66 Å². The average Bonchev–Trinajstić information content (AvgIpc) is 2.27. The molecule has 92 valence electrons. The lowest BCUT2D eigenvalue weighted by Gasteiger charge is -2.29. The van der Waals surface area contributed by atoms with Crippen LogP contribution in [0.1, 0.15) is 47.5 Å². The van der Waals surface area contributed by atoms with Crippen molar-refractivity contribution in [1.82, 2.24) is 0 Å². The quantitative estimate of drug-likeness (QED) is 0.492. The summed E-state index contributed by atoms with van der Waals surface area (Å²) >= 11 is 0. The van der Waals surface area contributed by atoms with Gasteiger partial charge in [0.25, 0.3) is 0 Å². The molecule has 0 fully saturated rings. The molecule has 0 aliphatic carbocycles. The van der Waals surface area contributed by atoms with E-state index in [2.05, 4.69) is 34.6 Å². The Morgan fingerprint density at radius 1 is 0.800 bits per heavy atom. The minimum atomic E-state index is 0.347. The van der Waals surface area contributed by atoms with Crippen molar-refractivity contribution in [1.29, 1.82) is 0 Å². The van der Waals surface area contributed by atoms with E-state index in [0.29, 0.717) is 15.8 Å². The Kier molecular flexibility index (Phi) is 10.6. The summed E-state index contributed by atoms with van der Waals surface area (Å²) in [6, 6.07) is 0. The van der Waals surface area contributed by atoms with Crippen LogP contribution >= 0.6 is 15.8 Å². The summed E-state index contributed by atoms with van der Waals surface area (Å²) in [4.78, 5) is 0. The first-order chi connectivity index (χ1) is 7.23. The molecular weight excluding hydrogens is 218 g/mol. The van der Waals surface area contributed by atoms with Crippen LogP contribution in [0, 0.1) is 0 Å². The van der Waals surface area contributed by atoms with Crippen LogP contribution in [0.3, 0.4) is 0 Å². The molecule has 2 heteroatoms. The Morgan fingerprint density at radius 2 is 1.33 bits per heavy atom. The fraction of sp³-hybridized carbons (Fsp3) is 1.00. The molecule has 0 aromatic rings. The van der Waals surface area contributed by atoms with Gasteiger partial charge in [-0.2, -0.15) is 0 Å². The van der Waals surface area contributed by atoms with Crippen LogP contribution in [-0.4, -0.2) is 36.5 Å². The fourth-order valence-corrected chi connectivity index (χ4v) is 7.70. The summed E-state index contributed by atoms with van der Waals surface area (Å²) in [5, 5.41) is 0. The maximum Gasteiger partial charge on any atom is -0.0170 e. The molecule has 0 aromatic heterocycles.